The number of likely N-dealkylation sites (tertiary alicyclic amines) is 1. The van der Waals surface area contributed by atoms with Gasteiger partial charge in [0.05, 0.1) is 18.8 Å². The van der Waals surface area contributed by atoms with Crippen LogP contribution in [0.15, 0.2) is 42.5 Å². The van der Waals surface area contributed by atoms with Gasteiger partial charge in [-0.3, -0.25) is 4.90 Å². The lowest BCUT2D eigenvalue weighted by molar-refractivity contribution is -0.0294. The van der Waals surface area contributed by atoms with E-state index >= 15 is 0 Å². The molecule has 2 aromatic carbocycles. The summed E-state index contributed by atoms with van der Waals surface area (Å²) in [5.41, 5.74) is 3.93. The first kappa shape index (κ1) is 19.9. The third kappa shape index (κ3) is 4.20. The average molecular weight is 410 g/mol. The van der Waals surface area contributed by atoms with Gasteiger partial charge in [0.25, 0.3) is 0 Å². The van der Waals surface area contributed by atoms with Crippen molar-refractivity contribution in [3.8, 4) is 11.5 Å². The van der Waals surface area contributed by atoms with E-state index in [0.717, 1.165) is 50.1 Å². The van der Waals surface area contributed by atoms with Gasteiger partial charge in [-0.05, 0) is 67.5 Å². The second-order valence-corrected chi connectivity index (χ2v) is 8.62. The number of β-amino-alcohol motifs (C(OH)–C–C–N with tert-alkyl or cyclic N) is 1. The van der Waals surface area contributed by atoms with Crippen LogP contribution < -0.4 is 9.47 Å². The van der Waals surface area contributed by atoms with E-state index in [2.05, 4.69) is 41.3 Å². The van der Waals surface area contributed by atoms with Crippen LogP contribution in [-0.2, 0) is 11.2 Å². The smallest absolute Gasteiger partial charge is 0.161 e. The Balaban J connectivity index is 1.19. The van der Waals surface area contributed by atoms with E-state index in [0.29, 0.717) is 32.4 Å². The lowest BCUT2D eigenvalue weighted by Crippen LogP contribution is -2.35. The first-order valence-corrected chi connectivity index (χ1v) is 11.3. The topological polar surface area (TPSA) is 51.2 Å². The molecule has 2 aliphatic heterocycles. The molecule has 1 N–H and O–H groups in total. The van der Waals surface area contributed by atoms with Crippen molar-refractivity contribution in [1.82, 2.24) is 4.90 Å². The highest BCUT2D eigenvalue weighted by molar-refractivity contribution is 5.44. The zero-order valence-corrected chi connectivity index (χ0v) is 17.5. The molecule has 1 saturated heterocycles. The number of ether oxygens (including phenoxy) is 3. The van der Waals surface area contributed by atoms with Crippen LogP contribution in [0.25, 0.3) is 0 Å². The Kier molecular flexibility index (Phi) is 5.93. The van der Waals surface area contributed by atoms with Crippen molar-refractivity contribution in [2.24, 2.45) is 0 Å². The summed E-state index contributed by atoms with van der Waals surface area (Å²) in [6.45, 7) is 3.23. The molecule has 1 aliphatic carbocycles. The Hall–Kier alpha value is -2.08. The van der Waals surface area contributed by atoms with Gasteiger partial charge in [0.1, 0.15) is 13.2 Å². The van der Waals surface area contributed by atoms with E-state index in [1.54, 1.807) is 0 Å². The number of rotatable bonds is 6. The number of nitrogens with zero attached hydrogens (tertiary/aromatic N) is 1. The summed E-state index contributed by atoms with van der Waals surface area (Å²) < 4.78 is 17.6. The Morgan fingerprint density at radius 1 is 1.03 bits per heavy atom. The minimum Gasteiger partial charge on any atom is -0.486 e. The predicted octanol–water partition coefficient (Wildman–Crippen LogP) is 4.05. The molecule has 0 bridgehead atoms. The van der Waals surface area contributed by atoms with Crippen molar-refractivity contribution in [3.63, 3.8) is 0 Å². The van der Waals surface area contributed by atoms with Crippen LogP contribution in [0, 0.1) is 0 Å². The molecule has 0 spiro atoms. The van der Waals surface area contributed by atoms with E-state index < -0.39 is 6.10 Å². The Morgan fingerprint density at radius 2 is 1.90 bits per heavy atom. The molecule has 1 fully saturated rings. The van der Waals surface area contributed by atoms with Gasteiger partial charge in [0.15, 0.2) is 11.5 Å². The van der Waals surface area contributed by atoms with E-state index in [-0.39, 0.29) is 6.10 Å². The maximum Gasteiger partial charge on any atom is 0.161 e. The zero-order valence-electron chi connectivity index (χ0n) is 17.5. The third-order valence-corrected chi connectivity index (χ3v) is 6.56. The maximum absolute atomic E-state index is 10.7. The van der Waals surface area contributed by atoms with Gasteiger partial charge in [-0.25, -0.2) is 0 Å². The number of hydrogen-bond acceptors (Lipinski definition) is 5. The molecule has 2 heterocycles. The third-order valence-electron chi connectivity index (χ3n) is 6.56. The van der Waals surface area contributed by atoms with Gasteiger partial charge in [0.2, 0.25) is 0 Å². The number of aryl methyl sites for hydroxylation is 1. The van der Waals surface area contributed by atoms with Gasteiger partial charge in [-0.1, -0.05) is 30.3 Å². The van der Waals surface area contributed by atoms with Crippen LogP contribution in [-0.4, -0.2) is 49.0 Å². The van der Waals surface area contributed by atoms with Crippen LogP contribution in [0.3, 0.4) is 0 Å². The zero-order chi connectivity index (χ0) is 20.3. The summed E-state index contributed by atoms with van der Waals surface area (Å²) in [5, 5.41) is 10.7. The van der Waals surface area contributed by atoms with E-state index in [1.807, 2.05) is 6.07 Å². The molecule has 3 atom stereocenters. The molecule has 5 heteroatoms. The molecule has 0 amide bonds. The molecule has 0 aromatic heterocycles. The summed E-state index contributed by atoms with van der Waals surface area (Å²) >= 11 is 0. The number of benzene rings is 2. The lowest BCUT2D eigenvalue weighted by Gasteiger charge is -2.30. The van der Waals surface area contributed by atoms with Crippen LogP contribution in [0.1, 0.15) is 54.5 Å². The van der Waals surface area contributed by atoms with E-state index in [1.165, 1.54) is 16.7 Å². The SMILES string of the molecule is O[C@H](CO[C@H]1CCCc2ccccc21)CN1CCC[C@@H]1c1ccc2c(c1)OCCO2. The highest BCUT2D eigenvalue weighted by Gasteiger charge is 2.29. The molecule has 30 heavy (non-hydrogen) atoms. The van der Waals surface area contributed by atoms with Crippen molar-refractivity contribution >= 4 is 0 Å². The monoisotopic (exact) mass is 409 g/mol. The Bertz CT molecular complexity index is 870. The summed E-state index contributed by atoms with van der Waals surface area (Å²) in [6.07, 6.45) is 5.17. The highest BCUT2D eigenvalue weighted by Crippen LogP contribution is 2.38. The van der Waals surface area contributed by atoms with Crippen LogP contribution in [0.5, 0.6) is 11.5 Å². The van der Waals surface area contributed by atoms with Gasteiger partial charge in [-0.2, -0.15) is 0 Å². The van der Waals surface area contributed by atoms with E-state index in [4.69, 9.17) is 14.2 Å². The first-order valence-electron chi connectivity index (χ1n) is 11.3. The molecule has 0 saturated carbocycles. The molecule has 5 rings (SSSR count). The van der Waals surface area contributed by atoms with E-state index in [9.17, 15) is 5.11 Å². The van der Waals surface area contributed by atoms with Gasteiger partial charge >= 0.3 is 0 Å². The maximum atomic E-state index is 10.7. The molecule has 3 aliphatic rings. The average Bonchev–Trinajstić information content (AvgIpc) is 3.25. The largest absolute Gasteiger partial charge is 0.486 e. The van der Waals surface area contributed by atoms with Crippen molar-refractivity contribution in [2.75, 3.05) is 32.9 Å². The lowest BCUT2D eigenvalue weighted by atomic mass is 9.89. The number of aliphatic hydroxyl groups excluding tert-OH is 1. The van der Waals surface area contributed by atoms with Gasteiger partial charge < -0.3 is 19.3 Å². The Morgan fingerprint density at radius 3 is 2.83 bits per heavy atom. The normalized spacial score (nSPS) is 24.4. The number of hydrogen-bond donors (Lipinski definition) is 1. The number of aliphatic hydroxyl groups is 1. The van der Waals surface area contributed by atoms with Crippen molar-refractivity contribution in [1.29, 1.82) is 0 Å². The molecular weight excluding hydrogens is 378 g/mol. The fourth-order valence-corrected chi connectivity index (χ4v) is 5.12. The molecule has 0 radical (unpaired) electrons. The minimum absolute atomic E-state index is 0.108. The summed E-state index contributed by atoms with van der Waals surface area (Å²) in [6, 6.07) is 15.1. The standard InChI is InChI=1S/C25H31NO4/c27-20(17-30-23-9-3-6-18-5-1-2-7-21(18)23)16-26-12-4-8-22(26)19-10-11-24-25(15-19)29-14-13-28-24/h1-2,5,7,10-11,15,20,22-23,27H,3-4,6,8-9,12-14,16-17H2/t20-,22+,23-/m0/s1. The van der Waals surface area contributed by atoms with Gasteiger partial charge in [0, 0.05) is 12.6 Å². The van der Waals surface area contributed by atoms with Crippen LogP contribution in [0.2, 0.25) is 0 Å². The molecule has 5 nitrogen and oxygen atoms in total. The van der Waals surface area contributed by atoms with Crippen LogP contribution >= 0.6 is 0 Å². The second-order valence-electron chi connectivity index (χ2n) is 8.62. The highest BCUT2D eigenvalue weighted by atomic mass is 16.6. The van der Waals surface area contributed by atoms with Crippen molar-refractivity contribution in [2.45, 2.75) is 50.4 Å². The number of fused-ring (bicyclic) bond motifs is 2. The molecule has 2 aromatic rings. The predicted molar refractivity (Wildman–Crippen MR) is 115 cm³/mol. The molecule has 0 unspecified atom stereocenters. The second kappa shape index (κ2) is 8.96. The summed E-state index contributed by atoms with van der Waals surface area (Å²) in [5.74, 6) is 1.67. The van der Waals surface area contributed by atoms with Gasteiger partial charge in [-0.15, -0.1) is 0 Å². The fourth-order valence-electron chi connectivity index (χ4n) is 5.12. The minimum atomic E-state index is -0.489. The fraction of sp³-hybridized carbons (Fsp3) is 0.520. The Labute approximate surface area is 178 Å². The molecule has 160 valence electrons. The molecular formula is C25H31NO4. The van der Waals surface area contributed by atoms with Crippen LogP contribution in [0.4, 0.5) is 0 Å². The first-order chi connectivity index (χ1) is 14.8. The summed E-state index contributed by atoms with van der Waals surface area (Å²) in [4.78, 5) is 2.38. The quantitative estimate of drug-likeness (QED) is 0.780. The van der Waals surface area contributed by atoms with Crippen molar-refractivity contribution in [3.05, 3.63) is 59.2 Å². The summed E-state index contributed by atoms with van der Waals surface area (Å²) in [7, 11) is 0. The van der Waals surface area contributed by atoms with Crippen molar-refractivity contribution < 1.29 is 19.3 Å².